The average Bonchev–Trinajstić information content (AvgIpc) is 3.20. The van der Waals surface area contributed by atoms with Gasteiger partial charge < -0.3 is 0 Å². The Morgan fingerprint density at radius 2 is 2.18 bits per heavy atom. The number of fused-ring (bicyclic) bond motifs is 1. The summed E-state index contributed by atoms with van der Waals surface area (Å²) in [4.78, 5) is 4.49. The lowest BCUT2D eigenvalue weighted by molar-refractivity contribution is 1.10. The molecule has 0 N–H and O–H groups in total. The van der Waals surface area contributed by atoms with E-state index < -0.39 is 0 Å². The molecule has 1 aromatic heterocycles. The van der Waals surface area contributed by atoms with Crippen LogP contribution < -0.4 is 0 Å². The first-order valence-corrected chi connectivity index (χ1v) is 6.14. The van der Waals surface area contributed by atoms with Crippen LogP contribution in [0.15, 0.2) is 24.4 Å². The Morgan fingerprint density at radius 3 is 2.82 bits per heavy atom. The number of nitrogens with zero attached hydrogens (tertiary/aromatic N) is 2. The Morgan fingerprint density at radius 1 is 1.35 bits per heavy atom. The quantitative estimate of drug-likeness (QED) is 0.779. The third-order valence-electron chi connectivity index (χ3n) is 3.46. The maximum absolute atomic E-state index is 9.21. The number of hydrogen-bond acceptors (Lipinski definition) is 2. The van der Waals surface area contributed by atoms with E-state index >= 15 is 0 Å². The summed E-state index contributed by atoms with van der Waals surface area (Å²) in [6.45, 7) is 2.12. The largest absolute Gasteiger partial charge is 0.256 e. The minimum absolute atomic E-state index is 0.599. The van der Waals surface area contributed by atoms with Crippen LogP contribution >= 0.6 is 0 Å². The van der Waals surface area contributed by atoms with Gasteiger partial charge in [0.05, 0.1) is 17.1 Å². The Kier molecular flexibility index (Phi) is 2.33. The first-order valence-electron chi connectivity index (χ1n) is 6.14. The van der Waals surface area contributed by atoms with E-state index in [0.717, 1.165) is 22.9 Å². The van der Waals surface area contributed by atoms with Gasteiger partial charge in [0.15, 0.2) is 0 Å². The van der Waals surface area contributed by atoms with E-state index in [0.29, 0.717) is 5.92 Å². The molecule has 0 bridgehead atoms. The van der Waals surface area contributed by atoms with Crippen LogP contribution in [0, 0.1) is 11.3 Å². The van der Waals surface area contributed by atoms with Gasteiger partial charge in [-0.05, 0) is 54.5 Å². The van der Waals surface area contributed by atoms with E-state index in [9.17, 15) is 5.26 Å². The van der Waals surface area contributed by atoms with Crippen molar-refractivity contribution in [1.82, 2.24) is 4.98 Å². The smallest absolute Gasteiger partial charge is 0.0994 e. The van der Waals surface area contributed by atoms with Crippen molar-refractivity contribution in [2.75, 3.05) is 0 Å². The zero-order valence-electron chi connectivity index (χ0n) is 9.90. The molecule has 3 rings (SSSR count). The number of hydrogen-bond donors (Lipinski definition) is 0. The summed E-state index contributed by atoms with van der Waals surface area (Å²) in [7, 11) is 0. The summed E-state index contributed by atoms with van der Waals surface area (Å²) >= 11 is 0. The third kappa shape index (κ3) is 1.78. The highest BCUT2D eigenvalue weighted by molar-refractivity contribution is 5.82. The van der Waals surface area contributed by atoms with Gasteiger partial charge in [-0.25, -0.2) is 0 Å². The van der Waals surface area contributed by atoms with Crippen molar-refractivity contribution in [3.63, 3.8) is 0 Å². The number of rotatable bonds is 2. The molecule has 2 nitrogen and oxygen atoms in total. The van der Waals surface area contributed by atoms with Crippen LogP contribution in [0.3, 0.4) is 0 Å². The predicted molar refractivity (Wildman–Crippen MR) is 67.8 cm³/mol. The molecule has 0 unspecified atom stereocenters. The highest BCUT2D eigenvalue weighted by Crippen LogP contribution is 2.42. The number of pyridine rings is 1. The van der Waals surface area contributed by atoms with E-state index in [-0.39, 0.29) is 0 Å². The van der Waals surface area contributed by atoms with E-state index in [1.165, 1.54) is 24.0 Å². The van der Waals surface area contributed by atoms with Crippen LogP contribution in [-0.4, -0.2) is 4.98 Å². The highest BCUT2D eigenvalue weighted by Gasteiger charge is 2.26. The molecule has 1 fully saturated rings. The fraction of sp³-hybridized carbons (Fsp3) is 0.333. The Hall–Kier alpha value is -1.88. The summed E-state index contributed by atoms with van der Waals surface area (Å²) in [6, 6.07) is 8.55. The molecule has 0 amide bonds. The van der Waals surface area contributed by atoms with Gasteiger partial charge in [0.25, 0.3) is 0 Å². The second-order valence-corrected chi connectivity index (χ2v) is 4.72. The van der Waals surface area contributed by atoms with Gasteiger partial charge in [-0.2, -0.15) is 5.26 Å². The van der Waals surface area contributed by atoms with Crippen molar-refractivity contribution in [3.05, 3.63) is 41.1 Å². The van der Waals surface area contributed by atoms with Crippen molar-refractivity contribution in [2.45, 2.75) is 32.1 Å². The van der Waals surface area contributed by atoms with Gasteiger partial charge in [0, 0.05) is 11.6 Å². The minimum Gasteiger partial charge on any atom is -0.256 e. The van der Waals surface area contributed by atoms with E-state index in [1.54, 1.807) is 0 Å². The Bertz CT molecular complexity index is 619. The lowest BCUT2D eigenvalue weighted by Gasteiger charge is -2.06. The van der Waals surface area contributed by atoms with E-state index in [2.05, 4.69) is 30.1 Å². The molecule has 1 aromatic carbocycles. The monoisotopic (exact) mass is 222 g/mol. The zero-order chi connectivity index (χ0) is 11.8. The fourth-order valence-electron chi connectivity index (χ4n) is 2.26. The van der Waals surface area contributed by atoms with Crippen LogP contribution in [-0.2, 0) is 6.42 Å². The van der Waals surface area contributed by atoms with Crippen molar-refractivity contribution < 1.29 is 0 Å². The van der Waals surface area contributed by atoms with Gasteiger partial charge in [-0.15, -0.1) is 0 Å². The molecular formula is C15H14N2. The highest BCUT2D eigenvalue weighted by atomic mass is 14.6. The van der Waals surface area contributed by atoms with Gasteiger partial charge in [-0.1, -0.05) is 6.92 Å². The van der Waals surface area contributed by atoms with Crippen LogP contribution in [0.2, 0.25) is 0 Å². The maximum atomic E-state index is 9.21. The third-order valence-corrected chi connectivity index (χ3v) is 3.46. The molecule has 0 spiro atoms. The van der Waals surface area contributed by atoms with Crippen LogP contribution in [0.5, 0.6) is 0 Å². The summed E-state index contributed by atoms with van der Waals surface area (Å²) in [5.74, 6) is 0.599. The summed E-state index contributed by atoms with van der Waals surface area (Å²) in [6.07, 6.45) is 5.35. The number of benzene rings is 1. The summed E-state index contributed by atoms with van der Waals surface area (Å²) < 4.78 is 0. The van der Waals surface area contributed by atoms with E-state index in [1.807, 2.05) is 12.3 Å². The summed E-state index contributed by atoms with van der Waals surface area (Å²) in [5.41, 5.74) is 4.26. The first kappa shape index (κ1) is 10.3. The summed E-state index contributed by atoms with van der Waals surface area (Å²) in [5, 5.41) is 10.3. The van der Waals surface area contributed by atoms with Gasteiger partial charge in [0.2, 0.25) is 0 Å². The number of aromatic nitrogens is 1. The SMILES string of the molecule is CCc1cnc2cc(C3CC3)c(C#N)cc2c1. The molecular weight excluding hydrogens is 208 g/mol. The normalized spacial score (nSPS) is 14.8. The topological polar surface area (TPSA) is 36.7 Å². The lowest BCUT2D eigenvalue weighted by Crippen LogP contribution is -1.91. The van der Waals surface area contributed by atoms with Gasteiger partial charge in [-0.3, -0.25) is 4.98 Å². The van der Waals surface area contributed by atoms with Crippen molar-refractivity contribution in [1.29, 1.82) is 5.26 Å². The van der Waals surface area contributed by atoms with E-state index in [4.69, 9.17) is 0 Å². The molecule has 0 atom stereocenters. The molecule has 2 aromatic rings. The molecule has 1 aliphatic rings. The van der Waals surface area contributed by atoms with Gasteiger partial charge >= 0.3 is 0 Å². The van der Waals surface area contributed by atoms with Crippen LogP contribution in [0.4, 0.5) is 0 Å². The molecule has 0 aliphatic heterocycles. The predicted octanol–water partition coefficient (Wildman–Crippen LogP) is 3.55. The fourth-order valence-corrected chi connectivity index (χ4v) is 2.26. The average molecular weight is 222 g/mol. The molecule has 2 heteroatoms. The molecule has 1 aliphatic carbocycles. The Balaban J connectivity index is 2.22. The van der Waals surface area contributed by atoms with Crippen LogP contribution in [0.1, 0.15) is 42.4 Å². The first-order chi connectivity index (χ1) is 8.31. The minimum atomic E-state index is 0.599. The Labute approximate surface area is 101 Å². The maximum Gasteiger partial charge on any atom is 0.0994 e. The standard InChI is InChI=1S/C15H14N2/c1-2-10-5-12-6-13(8-16)14(11-3-4-11)7-15(12)17-9-10/h5-7,9,11H,2-4H2,1H3. The molecule has 0 radical (unpaired) electrons. The van der Waals surface area contributed by atoms with Crippen molar-refractivity contribution in [2.24, 2.45) is 0 Å². The number of nitriles is 1. The second-order valence-electron chi connectivity index (χ2n) is 4.72. The van der Waals surface area contributed by atoms with Crippen molar-refractivity contribution in [3.8, 4) is 6.07 Å². The zero-order valence-corrected chi connectivity index (χ0v) is 9.90. The molecule has 1 heterocycles. The lowest BCUT2D eigenvalue weighted by atomic mass is 10.00. The molecule has 84 valence electrons. The van der Waals surface area contributed by atoms with Gasteiger partial charge in [0.1, 0.15) is 0 Å². The molecule has 0 saturated heterocycles. The molecule has 17 heavy (non-hydrogen) atoms. The van der Waals surface area contributed by atoms with Crippen molar-refractivity contribution >= 4 is 10.9 Å². The second kappa shape index (κ2) is 3.85. The molecule has 1 saturated carbocycles. The van der Waals surface area contributed by atoms with Crippen LogP contribution in [0.25, 0.3) is 10.9 Å². The number of aryl methyl sites for hydroxylation is 1.